The molecule has 0 saturated heterocycles. The molecule has 0 radical (unpaired) electrons. The Hall–Kier alpha value is -1.98. The van der Waals surface area contributed by atoms with Crippen LogP contribution in [0.25, 0.3) is 0 Å². The van der Waals surface area contributed by atoms with Crippen LogP contribution in [0.3, 0.4) is 0 Å². The van der Waals surface area contributed by atoms with Gasteiger partial charge in [-0.05, 0) is 30.2 Å². The number of nitrogens with zero attached hydrogens (tertiary/aromatic N) is 2. The van der Waals surface area contributed by atoms with Crippen LogP contribution in [0, 0.1) is 11.3 Å². The predicted octanol–water partition coefficient (Wildman–Crippen LogP) is 3.89. The fourth-order valence-electron chi connectivity index (χ4n) is 1.95. The van der Waals surface area contributed by atoms with Gasteiger partial charge in [0.15, 0.2) is 0 Å². The Morgan fingerprint density at radius 2 is 1.89 bits per heavy atom. The summed E-state index contributed by atoms with van der Waals surface area (Å²) in [4.78, 5) is 2.11. The van der Waals surface area contributed by atoms with E-state index in [1.54, 1.807) is 12.1 Å². The van der Waals surface area contributed by atoms with Crippen molar-refractivity contribution in [2.45, 2.75) is 6.42 Å². The molecule has 0 atom stereocenters. The highest BCUT2D eigenvalue weighted by Gasteiger charge is 2.07. The molecule has 0 amide bonds. The average Bonchev–Trinajstić information content (AvgIpc) is 2.45. The summed E-state index contributed by atoms with van der Waals surface area (Å²) in [6.07, 6.45) is 0.966. The molecular formula is C16H15ClN2. The zero-order valence-electron chi connectivity index (χ0n) is 10.8. The van der Waals surface area contributed by atoms with E-state index in [0.29, 0.717) is 10.6 Å². The van der Waals surface area contributed by atoms with Gasteiger partial charge >= 0.3 is 0 Å². The number of likely N-dealkylation sites (N-methyl/N-ethyl adjacent to an activating group) is 1. The zero-order chi connectivity index (χ0) is 13.7. The number of nitriles is 1. The number of benzene rings is 2. The Morgan fingerprint density at radius 1 is 1.16 bits per heavy atom. The first-order chi connectivity index (χ1) is 9.20. The lowest BCUT2D eigenvalue weighted by Gasteiger charge is -2.20. The summed E-state index contributed by atoms with van der Waals surface area (Å²) in [5.74, 6) is 0. The molecule has 0 N–H and O–H groups in total. The van der Waals surface area contributed by atoms with E-state index in [0.717, 1.165) is 18.7 Å². The minimum Gasteiger partial charge on any atom is -0.373 e. The molecule has 19 heavy (non-hydrogen) atoms. The molecular weight excluding hydrogens is 256 g/mol. The molecule has 2 aromatic carbocycles. The summed E-state index contributed by atoms with van der Waals surface area (Å²) < 4.78 is 0. The normalized spacial score (nSPS) is 9.95. The van der Waals surface area contributed by atoms with Crippen molar-refractivity contribution in [2.75, 3.05) is 18.5 Å². The van der Waals surface area contributed by atoms with Gasteiger partial charge in [-0.25, -0.2) is 0 Å². The lowest BCUT2D eigenvalue weighted by Crippen LogP contribution is -2.20. The SMILES string of the molecule is CN(CCc1ccccc1)c1ccc(C#N)cc1Cl. The summed E-state index contributed by atoms with van der Waals surface area (Å²) in [6.45, 7) is 0.885. The van der Waals surface area contributed by atoms with Gasteiger partial charge in [0, 0.05) is 13.6 Å². The van der Waals surface area contributed by atoms with Gasteiger partial charge in [0.1, 0.15) is 0 Å². The van der Waals surface area contributed by atoms with Crippen molar-refractivity contribution in [3.05, 3.63) is 64.7 Å². The highest BCUT2D eigenvalue weighted by Crippen LogP contribution is 2.25. The quantitative estimate of drug-likeness (QED) is 0.843. The van der Waals surface area contributed by atoms with Gasteiger partial charge in [-0.2, -0.15) is 5.26 Å². The molecule has 3 heteroatoms. The molecule has 0 bridgehead atoms. The first-order valence-electron chi connectivity index (χ1n) is 6.15. The molecule has 2 rings (SSSR count). The van der Waals surface area contributed by atoms with Gasteiger partial charge in [-0.3, -0.25) is 0 Å². The van der Waals surface area contributed by atoms with Crippen molar-refractivity contribution < 1.29 is 0 Å². The average molecular weight is 271 g/mol. The van der Waals surface area contributed by atoms with Crippen LogP contribution in [0.2, 0.25) is 5.02 Å². The summed E-state index contributed by atoms with van der Waals surface area (Å²) in [5.41, 5.74) is 2.85. The topological polar surface area (TPSA) is 27.0 Å². The van der Waals surface area contributed by atoms with Crippen LogP contribution in [0.1, 0.15) is 11.1 Å². The highest BCUT2D eigenvalue weighted by atomic mass is 35.5. The molecule has 0 fully saturated rings. The van der Waals surface area contributed by atoms with E-state index in [-0.39, 0.29) is 0 Å². The van der Waals surface area contributed by atoms with E-state index < -0.39 is 0 Å². The van der Waals surface area contributed by atoms with Crippen LogP contribution in [0.15, 0.2) is 48.5 Å². The Morgan fingerprint density at radius 3 is 2.53 bits per heavy atom. The maximum absolute atomic E-state index is 8.82. The molecule has 0 aliphatic heterocycles. The zero-order valence-corrected chi connectivity index (χ0v) is 11.6. The van der Waals surface area contributed by atoms with Crippen LogP contribution >= 0.6 is 11.6 Å². The van der Waals surface area contributed by atoms with Gasteiger partial charge in [0.05, 0.1) is 22.3 Å². The third kappa shape index (κ3) is 3.49. The first-order valence-corrected chi connectivity index (χ1v) is 6.53. The van der Waals surface area contributed by atoms with E-state index in [9.17, 15) is 0 Å². The molecule has 0 aromatic heterocycles. The third-order valence-corrected chi connectivity index (χ3v) is 3.37. The maximum Gasteiger partial charge on any atom is 0.0992 e. The third-order valence-electron chi connectivity index (χ3n) is 3.07. The smallest absolute Gasteiger partial charge is 0.0992 e. The number of hydrogen-bond donors (Lipinski definition) is 0. The van der Waals surface area contributed by atoms with Crippen LogP contribution in [-0.4, -0.2) is 13.6 Å². The van der Waals surface area contributed by atoms with Crippen molar-refractivity contribution in [3.63, 3.8) is 0 Å². The molecule has 2 nitrogen and oxygen atoms in total. The van der Waals surface area contributed by atoms with Crippen LogP contribution in [0.4, 0.5) is 5.69 Å². The molecule has 2 aromatic rings. The fourth-order valence-corrected chi connectivity index (χ4v) is 2.27. The monoisotopic (exact) mass is 270 g/mol. The largest absolute Gasteiger partial charge is 0.373 e. The molecule has 0 spiro atoms. The van der Waals surface area contributed by atoms with E-state index in [4.69, 9.17) is 16.9 Å². The summed E-state index contributed by atoms with van der Waals surface area (Å²) in [5, 5.41) is 9.44. The van der Waals surface area contributed by atoms with E-state index in [1.165, 1.54) is 5.56 Å². The van der Waals surface area contributed by atoms with Crippen molar-refractivity contribution in [1.82, 2.24) is 0 Å². The van der Waals surface area contributed by atoms with Crippen molar-refractivity contribution >= 4 is 17.3 Å². The predicted molar refractivity (Wildman–Crippen MR) is 79.6 cm³/mol. The standard InChI is InChI=1S/C16H15ClN2/c1-19(10-9-13-5-3-2-4-6-13)16-8-7-14(12-18)11-15(16)17/h2-8,11H,9-10H2,1H3. The number of anilines is 1. The molecule has 0 aliphatic rings. The molecule has 0 aliphatic carbocycles. The lowest BCUT2D eigenvalue weighted by molar-refractivity contribution is 0.877. The van der Waals surface area contributed by atoms with E-state index >= 15 is 0 Å². The molecule has 96 valence electrons. The van der Waals surface area contributed by atoms with Crippen LogP contribution in [-0.2, 0) is 6.42 Å². The van der Waals surface area contributed by atoms with Gasteiger partial charge in [0.25, 0.3) is 0 Å². The second kappa shape index (κ2) is 6.26. The second-order valence-electron chi connectivity index (χ2n) is 4.44. The first kappa shape index (κ1) is 13.5. The van der Waals surface area contributed by atoms with E-state index in [1.807, 2.05) is 31.3 Å². The number of halogens is 1. The van der Waals surface area contributed by atoms with Gasteiger partial charge in [-0.1, -0.05) is 41.9 Å². The van der Waals surface area contributed by atoms with Crippen molar-refractivity contribution in [2.24, 2.45) is 0 Å². The fraction of sp³-hybridized carbons (Fsp3) is 0.188. The lowest BCUT2D eigenvalue weighted by atomic mass is 10.1. The Balaban J connectivity index is 2.04. The second-order valence-corrected chi connectivity index (χ2v) is 4.84. The van der Waals surface area contributed by atoms with Crippen LogP contribution < -0.4 is 4.90 Å². The van der Waals surface area contributed by atoms with Gasteiger partial charge < -0.3 is 4.90 Å². The van der Waals surface area contributed by atoms with Crippen molar-refractivity contribution in [1.29, 1.82) is 5.26 Å². The Labute approximate surface area is 118 Å². The number of hydrogen-bond acceptors (Lipinski definition) is 2. The molecule has 0 heterocycles. The summed E-state index contributed by atoms with van der Waals surface area (Å²) >= 11 is 6.19. The minimum atomic E-state index is 0.588. The van der Waals surface area contributed by atoms with E-state index in [2.05, 4.69) is 23.1 Å². The summed E-state index contributed by atoms with van der Waals surface area (Å²) in [6, 6.07) is 17.8. The van der Waals surface area contributed by atoms with Crippen molar-refractivity contribution in [3.8, 4) is 6.07 Å². The van der Waals surface area contributed by atoms with Gasteiger partial charge in [-0.15, -0.1) is 0 Å². The van der Waals surface area contributed by atoms with Crippen LogP contribution in [0.5, 0.6) is 0 Å². The summed E-state index contributed by atoms with van der Waals surface area (Å²) in [7, 11) is 2.01. The number of rotatable bonds is 4. The Kier molecular flexibility index (Phi) is 4.43. The van der Waals surface area contributed by atoms with Gasteiger partial charge in [0.2, 0.25) is 0 Å². The minimum absolute atomic E-state index is 0.588. The molecule has 0 unspecified atom stereocenters. The molecule has 0 saturated carbocycles. The maximum atomic E-state index is 8.82. The Bertz CT molecular complexity index is 587. The highest BCUT2D eigenvalue weighted by molar-refractivity contribution is 6.33.